The first-order valence-corrected chi connectivity index (χ1v) is 9.20. The number of hydrogen-bond donors (Lipinski definition) is 0. The van der Waals surface area contributed by atoms with Crippen LogP contribution in [0.4, 0.5) is 11.4 Å². The Morgan fingerprint density at radius 2 is 1.93 bits per heavy atom. The minimum absolute atomic E-state index is 0.0121. The maximum Gasteiger partial charge on any atom is 0.326 e. The average molecular weight is 415 g/mol. The third-order valence-corrected chi connectivity index (χ3v) is 5.52. The molecule has 11 heteroatoms. The van der Waals surface area contributed by atoms with Crippen molar-refractivity contribution in [3.05, 3.63) is 57.6 Å². The molecule has 0 radical (unpaired) electrons. The van der Waals surface area contributed by atoms with E-state index in [-0.39, 0.29) is 21.4 Å². The third-order valence-electron chi connectivity index (χ3n) is 3.53. The first kappa shape index (κ1) is 20.5. The van der Waals surface area contributed by atoms with Crippen molar-refractivity contribution in [2.75, 3.05) is 25.1 Å². The molecule has 0 spiro atoms. The molecule has 0 aromatic heterocycles. The van der Waals surface area contributed by atoms with Crippen molar-refractivity contribution >= 4 is 39.0 Å². The number of sulfonamides is 1. The Morgan fingerprint density at radius 1 is 1.22 bits per heavy atom. The van der Waals surface area contributed by atoms with Crippen LogP contribution in [0.25, 0.3) is 0 Å². The van der Waals surface area contributed by atoms with E-state index in [9.17, 15) is 23.3 Å². The molecule has 144 valence electrons. The number of rotatable bonds is 7. The molecule has 0 saturated carbocycles. The number of nitro benzene ring substituents is 1. The molecule has 0 N–H and O–H groups in total. The minimum Gasteiger partial charge on any atom is -0.495 e. The fourth-order valence-corrected chi connectivity index (χ4v) is 3.84. The first-order valence-electron chi connectivity index (χ1n) is 7.38. The molecule has 2 aromatic rings. The number of halogens is 1. The van der Waals surface area contributed by atoms with Crippen LogP contribution in [0.2, 0.25) is 5.02 Å². The van der Waals surface area contributed by atoms with E-state index in [0.717, 1.165) is 23.5 Å². The van der Waals surface area contributed by atoms with Gasteiger partial charge in [-0.3, -0.25) is 19.2 Å². The van der Waals surface area contributed by atoms with Crippen LogP contribution in [0.1, 0.15) is 0 Å². The standard InChI is InChI=1S/C16H15ClN2O7S/c1-25-15-7-6-11(17)8-14(15)18(10-16(20)26-2)27(23,24)13-5-3-4-12(9-13)19(21)22/h3-9H,10H2,1-2H3. The summed E-state index contributed by atoms with van der Waals surface area (Å²) in [5, 5.41) is 11.2. The Morgan fingerprint density at radius 3 is 2.52 bits per heavy atom. The molecule has 0 saturated heterocycles. The lowest BCUT2D eigenvalue weighted by Crippen LogP contribution is -2.36. The Kier molecular flexibility index (Phi) is 6.24. The molecule has 0 atom stereocenters. The molecule has 2 rings (SSSR count). The van der Waals surface area contributed by atoms with Crippen LogP contribution in [0.5, 0.6) is 5.75 Å². The molecule has 0 fully saturated rings. The average Bonchev–Trinajstić information content (AvgIpc) is 2.65. The number of non-ortho nitro benzene ring substituents is 1. The van der Waals surface area contributed by atoms with Gasteiger partial charge in [0.15, 0.2) is 0 Å². The quantitative estimate of drug-likeness (QED) is 0.388. The smallest absolute Gasteiger partial charge is 0.326 e. The fraction of sp³-hybridized carbons (Fsp3) is 0.188. The molecule has 0 aliphatic rings. The highest BCUT2D eigenvalue weighted by atomic mass is 35.5. The molecule has 0 heterocycles. The third kappa shape index (κ3) is 4.47. The fourth-order valence-electron chi connectivity index (χ4n) is 2.22. The normalized spacial score (nSPS) is 10.9. The summed E-state index contributed by atoms with van der Waals surface area (Å²) in [6, 6.07) is 8.70. The number of hydrogen-bond acceptors (Lipinski definition) is 7. The second kappa shape index (κ2) is 8.23. The Labute approximate surface area is 160 Å². The summed E-state index contributed by atoms with van der Waals surface area (Å²) in [5.74, 6) is -0.705. The van der Waals surface area contributed by atoms with Gasteiger partial charge in [-0.25, -0.2) is 8.42 Å². The summed E-state index contributed by atoms with van der Waals surface area (Å²) in [6.07, 6.45) is 0. The molecule has 0 unspecified atom stereocenters. The van der Waals surface area contributed by atoms with Crippen LogP contribution >= 0.6 is 11.6 Å². The molecule has 0 aliphatic heterocycles. The number of carbonyl (C=O) groups excluding carboxylic acids is 1. The van der Waals surface area contributed by atoms with E-state index >= 15 is 0 Å². The van der Waals surface area contributed by atoms with E-state index in [1.54, 1.807) is 0 Å². The van der Waals surface area contributed by atoms with Crippen LogP contribution < -0.4 is 9.04 Å². The molecule has 2 aromatic carbocycles. The number of benzene rings is 2. The summed E-state index contributed by atoms with van der Waals surface area (Å²) in [7, 11) is -1.95. The first-order chi connectivity index (χ1) is 12.7. The van der Waals surface area contributed by atoms with Gasteiger partial charge in [-0.2, -0.15) is 0 Å². The number of nitro groups is 1. The van der Waals surface area contributed by atoms with E-state index in [1.807, 2.05) is 0 Å². The van der Waals surface area contributed by atoms with Gasteiger partial charge in [0.2, 0.25) is 0 Å². The lowest BCUT2D eigenvalue weighted by molar-refractivity contribution is -0.385. The number of carbonyl (C=O) groups is 1. The van der Waals surface area contributed by atoms with E-state index < -0.39 is 33.1 Å². The van der Waals surface area contributed by atoms with Gasteiger partial charge in [0, 0.05) is 17.2 Å². The van der Waals surface area contributed by atoms with E-state index in [0.29, 0.717) is 0 Å². The zero-order chi connectivity index (χ0) is 20.2. The van der Waals surface area contributed by atoms with Gasteiger partial charge >= 0.3 is 5.97 Å². The van der Waals surface area contributed by atoms with Gasteiger partial charge in [-0.15, -0.1) is 0 Å². The van der Waals surface area contributed by atoms with E-state index in [4.69, 9.17) is 16.3 Å². The number of ether oxygens (including phenoxy) is 2. The van der Waals surface area contributed by atoms with Gasteiger partial charge in [-0.05, 0) is 24.3 Å². The lowest BCUT2D eigenvalue weighted by atomic mass is 10.3. The zero-order valence-electron chi connectivity index (χ0n) is 14.3. The second-order valence-electron chi connectivity index (χ2n) is 5.16. The largest absolute Gasteiger partial charge is 0.495 e. The van der Waals surface area contributed by atoms with Crippen molar-refractivity contribution in [2.24, 2.45) is 0 Å². The lowest BCUT2D eigenvalue weighted by Gasteiger charge is -2.25. The van der Waals surface area contributed by atoms with Crippen LogP contribution in [0.15, 0.2) is 47.4 Å². The molecular formula is C16H15ClN2O7S. The van der Waals surface area contributed by atoms with Crippen molar-refractivity contribution in [3.63, 3.8) is 0 Å². The number of nitrogens with zero attached hydrogens (tertiary/aromatic N) is 2. The second-order valence-corrected chi connectivity index (χ2v) is 7.46. The predicted molar refractivity (Wildman–Crippen MR) is 97.6 cm³/mol. The van der Waals surface area contributed by atoms with Gasteiger partial charge in [0.1, 0.15) is 12.3 Å². The highest BCUT2D eigenvalue weighted by molar-refractivity contribution is 7.92. The number of methoxy groups -OCH3 is 2. The Balaban J connectivity index is 2.67. The van der Waals surface area contributed by atoms with Crippen LogP contribution in [-0.4, -0.2) is 40.1 Å². The summed E-state index contributed by atoms with van der Waals surface area (Å²) in [6.45, 7) is -0.682. The van der Waals surface area contributed by atoms with E-state index in [2.05, 4.69) is 4.74 Å². The summed E-state index contributed by atoms with van der Waals surface area (Å²) in [5.41, 5.74) is -0.422. The van der Waals surface area contributed by atoms with E-state index in [1.165, 1.54) is 37.4 Å². The van der Waals surface area contributed by atoms with Gasteiger partial charge in [0.25, 0.3) is 15.7 Å². The van der Waals surface area contributed by atoms with Crippen molar-refractivity contribution in [1.82, 2.24) is 0 Å². The Bertz CT molecular complexity index is 978. The monoisotopic (exact) mass is 414 g/mol. The van der Waals surface area contributed by atoms with Crippen LogP contribution in [0.3, 0.4) is 0 Å². The SMILES string of the molecule is COC(=O)CN(c1cc(Cl)ccc1OC)S(=O)(=O)c1cccc([N+](=O)[O-])c1. The van der Waals surface area contributed by atoms with Crippen LogP contribution in [-0.2, 0) is 19.6 Å². The highest BCUT2D eigenvalue weighted by Crippen LogP contribution is 2.35. The van der Waals surface area contributed by atoms with Gasteiger partial charge in [0.05, 0.1) is 29.7 Å². The summed E-state index contributed by atoms with van der Waals surface area (Å²) >= 11 is 5.97. The zero-order valence-corrected chi connectivity index (χ0v) is 15.9. The van der Waals surface area contributed by atoms with Crippen molar-refractivity contribution in [1.29, 1.82) is 0 Å². The maximum absolute atomic E-state index is 13.1. The van der Waals surface area contributed by atoms with Crippen molar-refractivity contribution in [2.45, 2.75) is 4.90 Å². The summed E-state index contributed by atoms with van der Waals surface area (Å²) in [4.78, 5) is 21.7. The van der Waals surface area contributed by atoms with Gasteiger partial charge in [-0.1, -0.05) is 17.7 Å². The molecule has 9 nitrogen and oxygen atoms in total. The molecular weight excluding hydrogens is 400 g/mol. The van der Waals surface area contributed by atoms with Crippen molar-refractivity contribution in [3.8, 4) is 5.75 Å². The highest BCUT2D eigenvalue weighted by Gasteiger charge is 2.31. The van der Waals surface area contributed by atoms with Crippen molar-refractivity contribution < 1.29 is 27.6 Å². The molecule has 27 heavy (non-hydrogen) atoms. The summed E-state index contributed by atoms with van der Waals surface area (Å²) < 4.78 is 36.7. The topological polar surface area (TPSA) is 116 Å². The maximum atomic E-state index is 13.1. The minimum atomic E-state index is -4.38. The van der Waals surface area contributed by atoms with Crippen LogP contribution in [0, 0.1) is 10.1 Å². The molecule has 0 aliphatic carbocycles. The number of anilines is 1. The predicted octanol–water partition coefficient (Wildman–Crippen LogP) is 2.63. The molecule has 0 amide bonds. The number of esters is 1. The molecule has 0 bridgehead atoms. The Hall–Kier alpha value is -2.85. The van der Waals surface area contributed by atoms with Gasteiger partial charge < -0.3 is 9.47 Å².